The molecule has 76 valence electrons. The van der Waals surface area contributed by atoms with Crippen molar-refractivity contribution in [2.45, 2.75) is 0 Å². The van der Waals surface area contributed by atoms with Crippen molar-refractivity contribution in [2.75, 3.05) is 0 Å². The van der Waals surface area contributed by atoms with Crippen molar-refractivity contribution in [3.63, 3.8) is 0 Å². The molecule has 0 aromatic carbocycles. The van der Waals surface area contributed by atoms with Crippen LogP contribution >= 0.6 is 0 Å². The Bertz CT molecular complexity index is 107. The van der Waals surface area contributed by atoms with E-state index in [0.29, 0.717) is 0 Å². The van der Waals surface area contributed by atoms with E-state index in [1.54, 1.807) is 0 Å². The summed E-state index contributed by atoms with van der Waals surface area (Å²) < 4.78 is 0. The molecule has 0 rings (SSSR count). The summed E-state index contributed by atoms with van der Waals surface area (Å²) in [6, 6.07) is 0. The monoisotopic (exact) mass is 268 g/mol. The Morgan fingerprint density at radius 1 is 0.357 bits per heavy atom. The minimum atomic E-state index is 3.00. The SMILES string of the molecule is [C-]#N.[C-]#N.[C-]#N.[C-]#N.[C-]#N.[C-]#N.[Fe]=[Fe]. The second-order valence-electron chi connectivity index (χ2n) is 0. The zero-order chi connectivity index (χ0) is 14.0. The van der Waals surface area contributed by atoms with Crippen LogP contribution < -0.4 is 0 Å². The molecular formula is C6Fe2N6-6. The van der Waals surface area contributed by atoms with Gasteiger partial charge in [0.05, 0.1) is 0 Å². The molecule has 0 N–H and O–H groups in total. The first-order valence-corrected chi connectivity index (χ1v) is 3.47. The molecule has 0 saturated heterocycles. The molecule has 0 heterocycles. The zero-order valence-electron chi connectivity index (χ0n) is 6.39. The summed E-state index contributed by atoms with van der Waals surface area (Å²) in [6.45, 7) is 28.5. The fraction of sp³-hybridized carbons (Fsp3) is 0. The van der Waals surface area contributed by atoms with Crippen LogP contribution in [0.4, 0.5) is 0 Å². The second-order valence-corrected chi connectivity index (χ2v) is 0. The van der Waals surface area contributed by atoms with Crippen LogP contribution in [0, 0.1) is 71.0 Å². The predicted molar refractivity (Wildman–Crippen MR) is 29.8 cm³/mol. The molecule has 0 unspecified atom stereocenters. The number of hydrogen-bond acceptors (Lipinski definition) is 6. The molecular weight excluding hydrogens is 268 g/mol. The van der Waals surface area contributed by atoms with Crippen molar-refractivity contribution < 1.29 is 27.3 Å². The third kappa shape index (κ3) is 197. The van der Waals surface area contributed by atoms with Gasteiger partial charge in [0.1, 0.15) is 0 Å². The first-order valence-electron chi connectivity index (χ1n) is 1.47. The molecule has 0 aromatic heterocycles. The van der Waals surface area contributed by atoms with E-state index in [9.17, 15) is 0 Å². The zero-order valence-corrected chi connectivity index (χ0v) is 8.60. The van der Waals surface area contributed by atoms with E-state index >= 15 is 0 Å². The fourth-order valence-electron chi connectivity index (χ4n) is 0. The van der Waals surface area contributed by atoms with Crippen LogP contribution in [0.15, 0.2) is 0 Å². The molecule has 0 bridgehead atoms. The van der Waals surface area contributed by atoms with Crippen LogP contribution in [0.5, 0.6) is 0 Å². The average molecular weight is 268 g/mol. The van der Waals surface area contributed by atoms with Gasteiger partial charge in [-0.2, -0.15) is 0 Å². The normalized spacial score (nSPS) is 1.29. The second kappa shape index (κ2) is 268. The van der Waals surface area contributed by atoms with Crippen LogP contribution in [0.2, 0.25) is 0 Å². The standard InChI is InChI=1S/6CN.2Fe/c6*1-2;;/q6*-1;;. The van der Waals surface area contributed by atoms with E-state index in [0.717, 1.165) is 0 Å². The van der Waals surface area contributed by atoms with Crippen LogP contribution in [0.3, 0.4) is 0 Å². The van der Waals surface area contributed by atoms with Crippen molar-refractivity contribution in [2.24, 2.45) is 0 Å². The Balaban J connectivity index is -0.00000000817. The van der Waals surface area contributed by atoms with Crippen LogP contribution in [-0.4, -0.2) is 0 Å². The first kappa shape index (κ1) is 58.2. The molecule has 0 amide bonds. The molecule has 14 heavy (non-hydrogen) atoms. The minimum absolute atomic E-state index is 3.00. The molecule has 0 aliphatic heterocycles. The Morgan fingerprint density at radius 2 is 0.357 bits per heavy atom. The van der Waals surface area contributed by atoms with Gasteiger partial charge in [0.25, 0.3) is 0 Å². The summed E-state index contributed by atoms with van der Waals surface area (Å²) >= 11 is 6.00. The number of rotatable bonds is 0. The van der Waals surface area contributed by atoms with E-state index in [2.05, 4.69) is 27.3 Å². The van der Waals surface area contributed by atoms with Crippen molar-refractivity contribution in [3.8, 4) is 0 Å². The third-order valence-electron chi connectivity index (χ3n) is 0. The van der Waals surface area contributed by atoms with Crippen LogP contribution in [0.1, 0.15) is 0 Å². The van der Waals surface area contributed by atoms with E-state index < -0.39 is 0 Å². The summed E-state index contributed by atoms with van der Waals surface area (Å²) in [5.41, 5.74) is 0. The summed E-state index contributed by atoms with van der Waals surface area (Å²) in [5.74, 6) is 0. The van der Waals surface area contributed by atoms with E-state index in [4.69, 9.17) is 71.0 Å². The average Bonchev–Trinajstić information content (AvgIpc) is 2.45. The quantitative estimate of drug-likeness (QED) is 0.464. The van der Waals surface area contributed by atoms with Crippen molar-refractivity contribution in [3.05, 3.63) is 39.4 Å². The molecule has 8 heteroatoms. The fourth-order valence-corrected chi connectivity index (χ4v) is 0. The Hall–Kier alpha value is -2.02. The predicted octanol–water partition coefficient (Wildman–Crippen LogP) is 0.573. The number of hydrogen-bond donors (Lipinski definition) is 0. The molecule has 0 fully saturated rings. The molecule has 0 saturated carbocycles. The van der Waals surface area contributed by atoms with E-state index in [-0.39, 0.29) is 0 Å². The van der Waals surface area contributed by atoms with E-state index in [1.807, 2.05) is 0 Å². The van der Waals surface area contributed by atoms with Gasteiger partial charge in [-0.3, -0.25) is 0 Å². The Kier molecular flexibility index (Phi) is 1110. The molecule has 0 aliphatic rings. The maximum atomic E-state index is 6.25. The molecule has 0 atom stereocenters. The molecule has 0 aliphatic carbocycles. The molecule has 6 nitrogen and oxygen atoms in total. The summed E-state index contributed by atoms with van der Waals surface area (Å²) in [6.07, 6.45) is 0. The van der Waals surface area contributed by atoms with Gasteiger partial charge in [0.15, 0.2) is 0 Å². The Morgan fingerprint density at radius 3 is 0.357 bits per heavy atom. The van der Waals surface area contributed by atoms with Gasteiger partial charge < -0.3 is 71.0 Å². The van der Waals surface area contributed by atoms with Crippen LogP contribution in [0.25, 0.3) is 0 Å². The van der Waals surface area contributed by atoms with Gasteiger partial charge in [0, 0.05) is 0 Å². The summed E-state index contributed by atoms with van der Waals surface area (Å²) in [7, 11) is 0. The molecule has 0 aromatic rings. The van der Waals surface area contributed by atoms with Crippen LogP contribution in [-0.2, 0) is 27.3 Å². The summed E-state index contributed by atoms with van der Waals surface area (Å²) in [4.78, 5) is 0. The van der Waals surface area contributed by atoms with Crippen molar-refractivity contribution in [1.29, 1.82) is 31.6 Å². The number of nitrogens with zero attached hydrogens (tertiary/aromatic N) is 6. The van der Waals surface area contributed by atoms with E-state index in [1.165, 1.54) is 0 Å². The summed E-state index contributed by atoms with van der Waals surface area (Å²) in [5, 5.41) is 37.5. The van der Waals surface area contributed by atoms with Gasteiger partial charge in [0.2, 0.25) is 0 Å². The molecule has 0 radical (unpaired) electrons. The van der Waals surface area contributed by atoms with Gasteiger partial charge in [-0.25, -0.2) is 0 Å². The molecule has 0 spiro atoms. The van der Waals surface area contributed by atoms with Gasteiger partial charge >= 0.3 is 27.3 Å². The van der Waals surface area contributed by atoms with Gasteiger partial charge in [-0.15, -0.1) is 0 Å². The maximum absolute atomic E-state index is 6.25. The first-order chi connectivity index (χ1) is 7.00. The Labute approximate surface area is 98.3 Å². The van der Waals surface area contributed by atoms with Gasteiger partial charge in [-0.05, 0) is 0 Å². The third-order valence-corrected chi connectivity index (χ3v) is 0. The van der Waals surface area contributed by atoms with Gasteiger partial charge in [-0.1, -0.05) is 0 Å². The van der Waals surface area contributed by atoms with Crippen molar-refractivity contribution >= 4 is 0 Å². The van der Waals surface area contributed by atoms with Crippen molar-refractivity contribution in [1.82, 2.24) is 0 Å². The topological polar surface area (TPSA) is 143 Å².